The van der Waals surface area contributed by atoms with Gasteiger partial charge in [-0.3, -0.25) is 4.79 Å². The Morgan fingerprint density at radius 1 is 1.24 bits per heavy atom. The second-order valence-corrected chi connectivity index (χ2v) is 4.66. The van der Waals surface area contributed by atoms with E-state index in [1.807, 2.05) is 6.07 Å². The van der Waals surface area contributed by atoms with Crippen LogP contribution in [0.4, 0.5) is 0 Å². The number of phenolic OH excluding ortho intramolecular Hbond substituents is 1. The van der Waals surface area contributed by atoms with Crippen LogP contribution >= 0.6 is 0 Å². The molecule has 0 fully saturated rings. The van der Waals surface area contributed by atoms with E-state index in [1.165, 1.54) is 0 Å². The van der Waals surface area contributed by atoms with E-state index in [1.54, 1.807) is 43.5 Å². The Morgan fingerprint density at radius 3 is 2.71 bits per heavy atom. The van der Waals surface area contributed by atoms with Crippen molar-refractivity contribution in [3.63, 3.8) is 0 Å². The zero-order chi connectivity index (χ0) is 15.2. The first-order chi connectivity index (χ1) is 10.1. The molecule has 0 radical (unpaired) electrons. The Morgan fingerprint density at radius 2 is 2.05 bits per heavy atom. The summed E-state index contributed by atoms with van der Waals surface area (Å²) in [7, 11) is 1.55. The highest BCUT2D eigenvalue weighted by Gasteiger charge is 2.04. The molecule has 0 aromatic heterocycles. The topological polar surface area (TPSA) is 84.6 Å². The maximum absolute atomic E-state index is 11.1. The summed E-state index contributed by atoms with van der Waals surface area (Å²) >= 11 is 0. The van der Waals surface area contributed by atoms with E-state index < -0.39 is 5.91 Å². The molecule has 2 aromatic rings. The van der Waals surface area contributed by atoms with E-state index in [0.717, 1.165) is 11.1 Å². The third-order valence-electron chi connectivity index (χ3n) is 3.15. The summed E-state index contributed by atoms with van der Waals surface area (Å²) in [5, 5.41) is 13.1. The van der Waals surface area contributed by atoms with Gasteiger partial charge < -0.3 is 20.9 Å². The number of phenols is 1. The van der Waals surface area contributed by atoms with Crippen molar-refractivity contribution in [2.45, 2.75) is 13.1 Å². The Kier molecular flexibility index (Phi) is 4.79. The minimum absolute atomic E-state index is 0.188. The lowest BCUT2D eigenvalue weighted by atomic mass is 10.1. The Bertz CT molecular complexity index is 641. The van der Waals surface area contributed by atoms with Gasteiger partial charge in [0.05, 0.1) is 7.11 Å². The van der Waals surface area contributed by atoms with Gasteiger partial charge in [-0.2, -0.15) is 0 Å². The molecule has 0 saturated carbocycles. The number of hydrogen-bond acceptors (Lipinski definition) is 4. The Balaban J connectivity index is 1.95. The molecule has 110 valence electrons. The summed E-state index contributed by atoms with van der Waals surface area (Å²) in [4.78, 5) is 11.1. The summed E-state index contributed by atoms with van der Waals surface area (Å²) in [6, 6.07) is 12.3. The van der Waals surface area contributed by atoms with Crippen LogP contribution < -0.4 is 15.8 Å². The number of aromatic hydroxyl groups is 1. The number of primary amides is 1. The van der Waals surface area contributed by atoms with Crippen LogP contribution in [-0.4, -0.2) is 18.1 Å². The molecular formula is C16H18N2O3. The van der Waals surface area contributed by atoms with Gasteiger partial charge >= 0.3 is 0 Å². The number of amides is 1. The molecular weight excluding hydrogens is 268 g/mol. The highest BCUT2D eigenvalue weighted by molar-refractivity contribution is 5.92. The zero-order valence-corrected chi connectivity index (χ0v) is 11.8. The van der Waals surface area contributed by atoms with Crippen molar-refractivity contribution in [2.24, 2.45) is 5.73 Å². The van der Waals surface area contributed by atoms with Crippen molar-refractivity contribution in [3.05, 3.63) is 59.2 Å². The van der Waals surface area contributed by atoms with Crippen molar-refractivity contribution in [1.29, 1.82) is 0 Å². The van der Waals surface area contributed by atoms with Crippen molar-refractivity contribution in [2.75, 3.05) is 7.11 Å². The standard InChI is InChI=1S/C16H18N2O3/c1-21-14-6-5-13(15(19)8-14)10-18-9-11-3-2-4-12(7-11)16(17)20/h2-8,18-19H,9-10H2,1H3,(H2,17,20). The minimum atomic E-state index is -0.440. The van der Waals surface area contributed by atoms with E-state index in [0.29, 0.717) is 24.4 Å². The van der Waals surface area contributed by atoms with Gasteiger partial charge in [-0.05, 0) is 23.8 Å². The zero-order valence-electron chi connectivity index (χ0n) is 11.8. The van der Waals surface area contributed by atoms with Crippen LogP contribution in [0.25, 0.3) is 0 Å². The summed E-state index contributed by atoms with van der Waals surface area (Å²) in [6.07, 6.45) is 0. The summed E-state index contributed by atoms with van der Waals surface area (Å²) < 4.78 is 5.04. The average molecular weight is 286 g/mol. The van der Waals surface area contributed by atoms with Gasteiger partial charge in [0, 0.05) is 30.3 Å². The Hall–Kier alpha value is -2.53. The summed E-state index contributed by atoms with van der Waals surface area (Å²) in [5.41, 5.74) is 7.47. The maximum Gasteiger partial charge on any atom is 0.248 e. The molecule has 0 atom stereocenters. The normalized spacial score (nSPS) is 10.3. The first kappa shape index (κ1) is 14.9. The predicted molar refractivity (Wildman–Crippen MR) is 80.2 cm³/mol. The highest BCUT2D eigenvalue weighted by atomic mass is 16.5. The van der Waals surface area contributed by atoms with Gasteiger partial charge in [-0.25, -0.2) is 0 Å². The quantitative estimate of drug-likeness (QED) is 0.756. The molecule has 0 saturated heterocycles. The number of nitrogens with two attached hydrogens (primary N) is 1. The van der Waals surface area contributed by atoms with E-state index in [-0.39, 0.29) is 5.75 Å². The van der Waals surface area contributed by atoms with E-state index in [4.69, 9.17) is 10.5 Å². The van der Waals surface area contributed by atoms with Crippen LogP contribution in [0.1, 0.15) is 21.5 Å². The number of carbonyl (C=O) groups excluding carboxylic acids is 1. The molecule has 0 unspecified atom stereocenters. The fourth-order valence-corrected chi connectivity index (χ4v) is 2.00. The van der Waals surface area contributed by atoms with E-state index in [9.17, 15) is 9.90 Å². The predicted octanol–water partition coefficient (Wildman–Crippen LogP) is 1.79. The van der Waals surface area contributed by atoms with Crippen LogP contribution in [0, 0.1) is 0 Å². The molecule has 0 bridgehead atoms. The van der Waals surface area contributed by atoms with Gasteiger partial charge in [0.2, 0.25) is 5.91 Å². The molecule has 5 nitrogen and oxygen atoms in total. The largest absolute Gasteiger partial charge is 0.507 e. The molecule has 0 aliphatic heterocycles. The molecule has 2 aromatic carbocycles. The fraction of sp³-hybridized carbons (Fsp3) is 0.188. The molecule has 4 N–H and O–H groups in total. The fourth-order valence-electron chi connectivity index (χ4n) is 2.00. The number of ether oxygens (including phenoxy) is 1. The van der Waals surface area contributed by atoms with Gasteiger partial charge in [0.1, 0.15) is 11.5 Å². The number of rotatable bonds is 6. The molecule has 0 aliphatic carbocycles. The second-order valence-electron chi connectivity index (χ2n) is 4.66. The molecule has 0 aliphatic rings. The van der Waals surface area contributed by atoms with Gasteiger partial charge in [0.15, 0.2) is 0 Å². The molecule has 1 amide bonds. The van der Waals surface area contributed by atoms with E-state index >= 15 is 0 Å². The number of carbonyl (C=O) groups is 1. The maximum atomic E-state index is 11.1. The lowest BCUT2D eigenvalue weighted by Gasteiger charge is -2.09. The van der Waals surface area contributed by atoms with E-state index in [2.05, 4.69) is 5.32 Å². The van der Waals surface area contributed by atoms with Crippen molar-refractivity contribution in [1.82, 2.24) is 5.32 Å². The monoisotopic (exact) mass is 286 g/mol. The van der Waals surface area contributed by atoms with Crippen LogP contribution in [0.2, 0.25) is 0 Å². The summed E-state index contributed by atoms with van der Waals surface area (Å²) in [6.45, 7) is 1.09. The van der Waals surface area contributed by atoms with Gasteiger partial charge in [0.25, 0.3) is 0 Å². The van der Waals surface area contributed by atoms with Crippen LogP contribution in [0.15, 0.2) is 42.5 Å². The minimum Gasteiger partial charge on any atom is -0.507 e. The van der Waals surface area contributed by atoms with Crippen LogP contribution in [0.5, 0.6) is 11.5 Å². The SMILES string of the molecule is COc1ccc(CNCc2cccc(C(N)=O)c2)c(O)c1. The van der Waals surface area contributed by atoms with Crippen LogP contribution in [-0.2, 0) is 13.1 Å². The first-order valence-corrected chi connectivity index (χ1v) is 6.55. The smallest absolute Gasteiger partial charge is 0.248 e. The number of methoxy groups -OCH3 is 1. The number of nitrogens with one attached hydrogen (secondary N) is 1. The molecule has 5 heteroatoms. The highest BCUT2D eigenvalue weighted by Crippen LogP contribution is 2.23. The summed E-state index contributed by atoms with van der Waals surface area (Å²) in [5.74, 6) is 0.364. The van der Waals surface area contributed by atoms with Crippen molar-refractivity contribution in [3.8, 4) is 11.5 Å². The van der Waals surface area contributed by atoms with Crippen molar-refractivity contribution < 1.29 is 14.6 Å². The Labute approximate surface area is 123 Å². The number of benzene rings is 2. The molecule has 0 spiro atoms. The third-order valence-corrected chi connectivity index (χ3v) is 3.15. The second kappa shape index (κ2) is 6.76. The molecule has 21 heavy (non-hydrogen) atoms. The average Bonchev–Trinajstić information content (AvgIpc) is 2.49. The number of hydrogen-bond donors (Lipinski definition) is 3. The lowest BCUT2D eigenvalue weighted by molar-refractivity contribution is 0.1000. The lowest BCUT2D eigenvalue weighted by Crippen LogP contribution is -2.15. The van der Waals surface area contributed by atoms with Gasteiger partial charge in [-0.1, -0.05) is 18.2 Å². The van der Waals surface area contributed by atoms with Crippen LogP contribution in [0.3, 0.4) is 0 Å². The van der Waals surface area contributed by atoms with Crippen molar-refractivity contribution >= 4 is 5.91 Å². The van der Waals surface area contributed by atoms with Gasteiger partial charge in [-0.15, -0.1) is 0 Å². The molecule has 0 heterocycles. The first-order valence-electron chi connectivity index (χ1n) is 6.55. The molecule has 2 rings (SSSR count). The third kappa shape index (κ3) is 3.97.